The zero-order chi connectivity index (χ0) is 21.2. The van der Waals surface area contributed by atoms with E-state index < -0.39 is 5.97 Å². The molecule has 4 nitrogen and oxygen atoms in total. The lowest BCUT2D eigenvalue weighted by Crippen LogP contribution is -2.55. The van der Waals surface area contributed by atoms with Crippen LogP contribution in [0.3, 0.4) is 0 Å². The van der Waals surface area contributed by atoms with Gasteiger partial charge in [0.2, 0.25) is 5.91 Å². The van der Waals surface area contributed by atoms with Crippen LogP contribution in [0, 0.1) is 34.5 Å². The largest absolute Gasteiger partial charge is 0.478 e. The van der Waals surface area contributed by atoms with Crippen molar-refractivity contribution in [2.24, 2.45) is 34.5 Å². The number of carboxylic acid groups (broad SMARTS) is 1. The fraction of sp³-hybridized carbons (Fsp3) is 0.760. The van der Waals surface area contributed by atoms with Crippen molar-refractivity contribution < 1.29 is 14.7 Å². The fourth-order valence-corrected chi connectivity index (χ4v) is 7.21. The lowest BCUT2D eigenvalue weighted by molar-refractivity contribution is -0.133. The Morgan fingerprint density at radius 2 is 1.83 bits per heavy atom. The van der Waals surface area contributed by atoms with Crippen molar-refractivity contribution in [3.8, 4) is 0 Å². The molecule has 160 valence electrons. The Bertz CT molecular complexity index is 788. The van der Waals surface area contributed by atoms with Gasteiger partial charge in [0.15, 0.2) is 0 Å². The molecule has 0 spiro atoms. The van der Waals surface area contributed by atoms with Crippen LogP contribution in [0.4, 0.5) is 0 Å². The van der Waals surface area contributed by atoms with Crippen molar-refractivity contribution in [1.29, 1.82) is 0 Å². The standard InChI is InChI=1S/C25H37NO3/c1-23(2,3)26-21(27)17-14-16-13-15(22(28)29)8-12-25(16,5)19-9-11-24(4)10-6-7-18(24)20(17)19/h13-14,17-20H,6-12H2,1-5H3,(H,26,27)(H,28,29)/t17-,18-,19-,20-,24-,25-/m0/s1. The molecule has 29 heavy (non-hydrogen) atoms. The van der Waals surface area contributed by atoms with E-state index in [0.717, 1.165) is 18.4 Å². The van der Waals surface area contributed by atoms with Gasteiger partial charge in [-0.15, -0.1) is 0 Å². The summed E-state index contributed by atoms with van der Waals surface area (Å²) in [6, 6.07) is 0. The monoisotopic (exact) mass is 399 g/mol. The summed E-state index contributed by atoms with van der Waals surface area (Å²) in [6.45, 7) is 10.9. The Morgan fingerprint density at radius 3 is 2.48 bits per heavy atom. The van der Waals surface area contributed by atoms with Crippen molar-refractivity contribution in [2.45, 2.75) is 85.1 Å². The van der Waals surface area contributed by atoms with E-state index >= 15 is 0 Å². The molecule has 0 heterocycles. The molecule has 0 bridgehead atoms. The number of allylic oxidation sites excluding steroid dienone is 2. The van der Waals surface area contributed by atoms with Crippen LogP contribution in [-0.4, -0.2) is 22.5 Å². The second-order valence-corrected chi connectivity index (χ2v) is 11.7. The van der Waals surface area contributed by atoms with Gasteiger partial charge in [-0.25, -0.2) is 4.79 Å². The molecule has 0 unspecified atom stereocenters. The van der Waals surface area contributed by atoms with Crippen molar-refractivity contribution in [3.63, 3.8) is 0 Å². The summed E-state index contributed by atoms with van der Waals surface area (Å²) in [5, 5.41) is 12.8. The van der Waals surface area contributed by atoms with Crippen LogP contribution in [-0.2, 0) is 9.59 Å². The molecule has 0 aromatic rings. The number of carbonyl (C=O) groups is 2. The molecule has 0 aromatic heterocycles. The second kappa shape index (κ2) is 6.72. The van der Waals surface area contributed by atoms with Gasteiger partial charge in [-0.1, -0.05) is 26.3 Å². The molecule has 0 aromatic carbocycles. The summed E-state index contributed by atoms with van der Waals surface area (Å²) in [4.78, 5) is 25.1. The molecule has 2 N–H and O–H groups in total. The smallest absolute Gasteiger partial charge is 0.331 e. The van der Waals surface area contributed by atoms with Gasteiger partial charge in [0, 0.05) is 11.1 Å². The lowest BCUT2D eigenvalue weighted by Gasteiger charge is -2.58. The molecule has 4 aliphatic carbocycles. The Labute approximate surface area is 175 Å². The molecule has 0 aliphatic heterocycles. The van der Waals surface area contributed by atoms with Crippen molar-refractivity contribution in [1.82, 2.24) is 5.32 Å². The molecular formula is C25H37NO3. The first-order valence-electron chi connectivity index (χ1n) is 11.4. The van der Waals surface area contributed by atoms with Crippen LogP contribution in [0.1, 0.15) is 79.6 Å². The number of hydrogen-bond acceptors (Lipinski definition) is 2. The third-order valence-electron chi connectivity index (χ3n) is 8.68. The van der Waals surface area contributed by atoms with E-state index in [2.05, 4.69) is 25.2 Å². The number of carboxylic acids is 1. The zero-order valence-electron chi connectivity index (χ0n) is 18.7. The minimum absolute atomic E-state index is 0.00789. The van der Waals surface area contributed by atoms with Gasteiger partial charge in [0.05, 0.1) is 5.92 Å². The van der Waals surface area contributed by atoms with Crippen LogP contribution in [0.25, 0.3) is 0 Å². The van der Waals surface area contributed by atoms with Gasteiger partial charge in [-0.3, -0.25) is 4.79 Å². The second-order valence-electron chi connectivity index (χ2n) is 11.7. The fourth-order valence-electron chi connectivity index (χ4n) is 7.21. The van der Waals surface area contributed by atoms with Crippen LogP contribution in [0.2, 0.25) is 0 Å². The van der Waals surface area contributed by atoms with E-state index in [0.29, 0.717) is 35.2 Å². The third kappa shape index (κ3) is 3.37. The Morgan fingerprint density at radius 1 is 1.10 bits per heavy atom. The highest BCUT2D eigenvalue weighted by molar-refractivity contribution is 5.88. The summed E-state index contributed by atoms with van der Waals surface area (Å²) < 4.78 is 0. The molecular weight excluding hydrogens is 362 g/mol. The highest BCUT2D eigenvalue weighted by atomic mass is 16.4. The van der Waals surface area contributed by atoms with Gasteiger partial charge in [-0.05, 0) is 99.5 Å². The number of hydrogen-bond donors (Lipinski definition) is 2. The van der Waals surface area contributed by atoms with Gasteiger partial charge in [0.25, 0.3) is 0 Å². The van der Waals surface area contributed by atoms with Crippen LogP contribution in [0.5, 0.6) is 0 Å². The van der Waals surface area contributed by atoms with Gasteiger partial charge >= 0.3 is 5.97 Å². The molecule has 2 saturated carbocycles. The molecule has 4 heteroatoms. The Balaban J connectivity index is 1.81. The minimum Gasteiger partial charge on any atom is -0.478 e. The number of fused-ring (bicyclic) bond motifs is 5. The molecule has 6 atom stereocenters. The number of amides is 1. The van der Waals surface area contributed by atoms with E-state index in [9.17, 15) is 14.7 Å². The first-order chi connectivity index (χ1) is 13.4. The van der Waals surface area contributed by atoms with Crippen LogP contribution >= 0.6 is 0 Å². The number of aliphatic carboxylic acids is 1. The Kier molecular flexibility index (Phi) is 4.79. The molecule has 1 amide bonds. The highest BCUT2D eigenvalue weighted by Crippen LogP contribution is 2.65. The molecule has 4 rings (SSSR count). The van der Waals surface area contributed by atoms with Crippen molar-refractivity contribution >= 4 is 11.9 Å². The van der Waals surface area contributed by atoms with E-state index in [4.69, 9.17) is 0 Å². The topological polar surface area (TPSA) is 66.4 Å². The average molecular weight is 400 g/mol. The summed E-state index contributed by atoms with van der Waals surface area (Å²) in [5.41, 5.74) is 1.67. The van der Waals surface area contributed by atoms with E-state index in [1.54, 1.807) is 0 Å². The quantitative estimate of drug-likeness (QED) is 0.679. The van der Waals surface area contributed by atoms with E-state index in [1.165, 1.54) is 25.7 Å². The maximum absolute atomic E-state index is 13.5. The summed E-state index contributed by atoms with van der Waals surface area (Å²) in [6.07, 6.45) is 11.7. The average Bonchev–Trinajstić information content (AvgIpc) is 3.00. The zero-order valence-corrected chi connectivity index (χ0v) is 18.7. The number of carbonyl (C=O) groups excluding carboxylic acids is 1. The SMILES string of the molecule is CC(C)(C)NC(=O)[C@H]1C=C2C=C(C(=O)O)CC[C@]2(C)[C@H]2CC[C@]3(C)CCC[C@H]3[C@H]12. The molecule has 2 fully saturated rings. The normalized spacial score (nSPS) is 41.4. The first-order valence-corrected chi connectivity index (χ1v) is 11.4. The highest BCUT2D eigenvalue weighted by Gasteiger charge is 2.59. The van der Waals surface area contributed by atoms with E-state index in [1.807, 2.05) is 26.8 Å². The number of nitrogens with one attached hydrogen (secondary N) is 1. The molecule has 0 saturated heterocycles. The van der Waals surface area contributed by atoms with Gasteiger partial charge in [0.1, 0.15) is 0 Å². The van der Waals surface area contributed by atoms with Crippen molar-refractivity contribution in [3.05, 3.63) is 23.3 Å². The molecule has 0 radical (unpaired) electrons. The summed E-state index contributed by atoms with van der Waals surface area (Å²) in [5.74, 6) is 0.561. The lowest BCUT2D eigenvalue weighted by atomic mass is 9.46. The molecule has 4 aliphatic rings. The minimum atomic E-state index is -0.822. The summed E-state index contributed by atoms with van der Waals surface area (Å²) >= 11 is 0. The van der Waals surface area contributed by atoms with Gasteiger partial charge < -0.3 is 10.4 Å². The van der Waals surface area contributed by atoms with Crippen LogP contribution < -0.4 is 5.32 Å². The maximum atomic E-state index is 13.5. The predicted molar refractivity (Wildman–Crippen MR) is 114 cm³/mol. The summed E-state index contributed by atoms with van der Waals surface area (Å²) in [7, 11) is 0. The van der Waals surface area contributed by atoms with Crippen molar-refractivity contribution in [2.75, 3.05) is 0 Å². The van der Waals surface area contributed by atoms with E-state index in [-0.39, 0.29) is 22.8 Å². The van der Waals surface area contributed by atoms with Crippen LogP contribution in [0.15, 0.2) is 23.3 Å². The third-order valence-corrected chi connectivity index (χ3v) is 8.68. The first kappa shape index (κ1) is 20.7. The maximum Gasteiger partial charge on any atom is 0.331 e. The predicted octanol–water partition coefficient (Wildman–Crippen LogP) is 5.10. The van der Waals surface area contributed by atoms with Gasteiger partial charge in [-0.2, -0.15) is 0 Å². The number of rotatable bonds is 2. The Hall–Kier alpha value is -1.58.